The minimum atomic E-state index is -0.449. The van der Waals surface area contributed by atoms with Crippen LogP contribution in [0.25, 0.3) is 0 Å². The van der Waals surface area contributed by atoms with Crippen LogP contribution in [0.15, 0.2) is 0 Å². The van der Waals surface area contributed by atoms with Gasteiger partial charge in [-0.15, -0.1) is 0 Å². The SMILES string of the molecule is COC(C)CC(O)Cc1c(C)nn(C)c1Cl. The van der Waals surface area contributed by atoms with Crippen molar-refractivity contribution in [2.45, 2.75) is 38.9 Å². The highest BCUT2D eigenvalue weighted by Gasteiger charge is 2.17. The summed E-state index contributed by atoms with van der Waals surface area (Å²) in [7, 11) is 3.43. The van der Waals surface area contributed by atoms with Crippen LogP contribution in [0.2, 0.25) is 5.15 Å². The number of ether oxygens (including phenoxy) is 1. The molecule has 0 saturated heterocycles. The maximum Gasteiger partial charge on any atom is 0.130 e. The number of hydrogen-bond donors (Lipinski definition) is 1. The maximum atomic E-state index is 9.89. The van der Waals surface area contributed by atoms with Gasteiger partial charge in [-0.2, -0.15) is 5.10 Å². The lowest BCUT2D eigenvalue weighted by atomic mass is 10.0. The van der Waals surface area contributed by atoms with Crippen LogP contribution in [0.4, 0.5) is 0 Å². The fourth-order valence-electron chi connectivity index (χ4n) is 1.70. The van der Waals surface area contributed by atoms with Crippen molar-refractivity contribution in [3.8, 4) is 0 Å². The fourth-order valence-corrected chi connectivity index (χ4v) is 1.96. The molecule has 0 aromatic carbocycles. The zero-order chi connectivity index (χ0) is 12.3. The predicted octanol–water partition coefficient (Wildman–Crippen LogP) is 1.71. The van der Waals surface area contributed by atoms with Crippen LogP contribution < -0.4 is 0 Å². The fraction of sp³-hybridized carbons (Fsp3) is 0.727. The third-order valence-corrected chi connectivity index (χ3v) is 3.19. The van der Waals surface area contributed by atoms with Crippen molar-refractivity contribution in [1.29, 1.82) is 0 Å². The van der Waals surface area contributed by atoms with E-state index in [9.17, 15) is 5.11 Å². The van der Waals surface area contributed by atoms with Crippen molar-refractivity contribution in [2.75, 3.05) is 7.11 Å². The van der Waals surface area contributed by atoms with Crippen LogP contribution in [-0.2, 0) is 18.2 Å². The quantitative estimate of drug-likeness (QED) is 0.861. The van der Waals surface area contributed by atoms with Crippen molar-refractivity contribution < 1.29 is 9.84 Å². The lowest BCUT2D eigenvalue weighted by Crippen LogP contribution is -2.19. The van der Waals surface area contributed by atoms with Crippen LogP contribution in [0, 0.1) is 6.92 Å². The Balaban J connectivity index is 2.65. The second-order valence-corrected chi connectivity index (χ2v) is 4.48. The van der Waals surface area contributed by atoms with E-state index >= 15 is 0 Å². The summed E-state index contributed by atoms with van der Waals surface area (Å²) in [5.74, 6) is 0. The molecular formula is C11H19ClN2O2. The Kier molecular flexibility index (Phi) is 4.77. The maximum absolute atomic E-state index is 9.89. The van der Waals surface area contributed by atoms with Gasteiger partial charge in [0.25, 0.3) is 0 Å². The van der Waals surface area contributed by atoms with Gasteiger partial charge in [0.2, 0.25) is 0 Å². The molecule has 0 fully saturated rings. The lowest BCUT2D eigenvalue weighted by Gasteiger charge is -2.15. The molecule has 16 heavy (non-hydrogen) atoms. The molecule has 1 rings (SSSR count). The highest BCUT2D eigenvalue weighted by Crippen LogP contribution is 2.21. The van der Waals surface area contributed by atoms with Gasteiger partial charge in [0, 0.05) is 26.1 Å². The van der Waals surface area contributed by atoms with Gasteiger partial charge in [-0.25, -0.2) is 0 Å². The second kappa shape index (κ2) is 5.66. The number of nitrogens with zero attached hydrogens (tertiary/aromatic N) is 2. The van der Waals surface area contributed by atoms with E-state index in [2.05, 4.69) is 5.10 Å². The minimum Gasteiger partial charge on any atom is -0.393 e. The monoisotopic (exact) mass is 246 g/mol. The zero-order valence-electron chi connectivity index (χ0n) is 10.2. The Hall–Kier alpha value is -0.580. The molecule has 92 valence electrons. The Bertz CT molecular complexity index is 352. The van der Waals surface area contributed by atoms with Crippen molar-refractivity contribution in [2.24, 2.45) is 7.05 Å². The van der Waals surface area contributed by atoms with Crippen LogP contribution >= 0.6 is 11.6 Å². The average Bonchev–Trinajstić information content (AvgIpc) is 2.45. The predicted molar refractivity (Wildman–Crippen MR) is 63.8 cm³/mol. The second-order valence-electron chi connectivity index (χ2n) is 4.12. The van der Waals surface area contributed by atoms with E-state index in [0.717, 1.165) is 11.3 Å². The Morgan fingerprint density at radius 1 is 1.56 bits per heavy atom. The first-order chi connectivity index (χ1) is 7.45. The number of aromatic nitrogens is 2. The standard InChI is InChI=1S/C11H19ClN2O2/c1-7(16-4)5-9(15)6-10-8(2)13-14(3)11(10)12/h7,9,15H,5-6H2,1-4H3. The Morgan fingerprint density at radius 3 is 2.62 bits per heavy atom. The van der Waals surface area contributed by atoms with Crippen molar-refractivity contribution in [3.05, 3.63) is 16.4 Å². The van der Waals surface area contributed by atoms with Crippen LogP contribution in [0.3, 0.4) is 0 Å². The van der Waals surface area contributed by atoms with Crippen LogP contribution in [0.1, 0.15) is 24.6 Å². The molecule has 1 aromatic heterocycles. The van der Waals surface area contributed by atoms with Gasteiger partial charge in [-0.1, -0.05) is 11.6 Å². The smallest absolute Gasteiger partial charge is 0.130 e. The normalized spacial score (nSPS) is 15.1. The van der Waals surface area contributed by atoms with E-state index in [1.807, 2.05) is 13.8 Å². The number of rotatable bonds is 5. The molecule has 0 saturated carbocycles. The number of methoxy groups -OCH3 is 1. The van der Waals surface area contributed by atoms with E-state index in [-0.39, 0.29) is 6.10 Å². The summed E-state index contributed by atoms with van der Waals surface area (Å²) in [6.07, 6.45) is 0.717. The molecule has 1 aromatic rings. The third kappa shape index (κ3) is 3.20. The molecule has 0 spiro atoms. The summed E-state index contributed by atoms with van der Waals surface area (Å²) in [5.41, 5.74) is 1.79. The van der Waals surface area contributed by atoms with Crippen molar-refractivity contribution in [1.82, 2.24) is 9.78 Å². The lowest BCUT2D eigenvalue weighted by molar-refractivity contribution is 0.0565. The molecule has 0 amide bonds. The molecule has 4 nitrogen and oxygen atoms in total. The molecular weight excluding hydrogens is 228 g/mol. The molecule has 0 aliphatic heterocycles. The molecule has 0 aliphatic rings. The molecule has 0 aliphatic carbocycles. The molecule has 5 heteroatoms. The number of aliphatic hydroxyl groups excluding tert-OH is 1. The first-order valence-corrected chi connectivity index (χ1v) is 5.72. The molecule has 0 radical (unpaired) electrons. The van der Waals surface area contributed by atoms with Crippen molar-refractivity contribution >= 4 is 11.6 Å². The van der Waals surface area contributed by atoms with E-state index < -0.39 is 6.10 Å². The molecule has 2 atom stereocenters. The van der Waals surface area contributed by atoms with E-state index in [1.165, 1.54) is 0 Å². The third-order valence-electron chi connectivity index (χ3n) is 2.72. The van der Waals surface area contributed by atoms with Gasteiger partial charge < -0.3 is 9.84 Å². The molecule has 1 N–H and O–H groups in total. The van der Waals surface area contributed by atoms with E-state index in [0.29, 0.717) is 18.0 Å². The van der Waals surface area contributed by atoms with Gasteiger partial charge >= 0.3 is 0 Å². The largest absolute Gasteiger partial charge is 0.393 e. The summed E-state index contributed by atoms with van der Waals surface area (Å²) in [4.78, 5) is 0. The number of aliphatic hydroxyl groups is 1. The molecule has 1 heterocycles. The molecule has 0 bridgehead atoms. The van der Waals surface area contributed by atoms with Gasteiger partial charge in [-0.05, 0) is 20.3 Å². The average molecular weight is 247 g/mol. The highest BCUT2D eigenvalue weighted by atomic mass is 35.5. The highest BCUT2D eigenvalue weighted by molar-refractivity contribution is 6.30. The summed E-state index contributed by atoms with van der Waals surface area (Å²) in [5, 5.41) is 14.7. The minimum absolute atomic E-state index is 0.0470. The Labute approximate surface area is 101 Å². The summed E-state index contributed by atoms with van der Waals surface area (Å²) >= 11 is 6.09. The number of halogens is 1. The number of aryl methyl sites for hydroxylation is 2. The van der Waals surface area contributed by atoms with Gasteiger partial charge in [0.1, 0.15) is 5.15 Å². The van der Waals surface area contributed by atoms with Gasteiger partial charge in [0.05, 0.1) is 17.9 Å². The number of hydrogen-bond acceptors (Lipinski definition) is 3. The zero-order valence-corrected chi connectivity index (χ0v) is 11.0. The molecule has 2 unspecified atom stereocenters. The van der Waals surface area contributed by atoms with Gasteiger partial charge in [-0.3, -0.25) is 4.68 Å². The van der Waals surface area contributed by atoms with Crippen molar-refractivity contribution in [3.63, 3.8) is 0 Å². The summed E-state index contributed by atoms with van der Waals surface area (Å²) < 4.78 is 6.73. The first kappa shape index (κ1) is 13.5. The Morgan fingerprint density at radius 2 is 2.19 bits per heavy atom. The van der Waals surface area contributed by atoms with Crippen LogP contribution in [0.5, 0.6) is 0 Å². The first-order valence-electron chi connectivity index (χ1n) is 5.34. The summed E-state index contributed by atoms with van der Waals surface area (Å²) in [6, 6.07) is 0. The summed E-state index contributed by atoms with van der Waals surface area (Å²) in [6.45, 7) is 3.83. The van der Waals surface area contributed by atoms with E-state index in [1.54, 1.807) is 18.8 Å². The van der Waals surface area contributed by atoms with Gasteiger partial charge in [0.15, 0.2) is 0 Å². The topological polar surface area (TPSA) is 47.3 Å². The van der Waals surface area contributed by atoms with Crippen LogP contribution in [-0.4, -0.2) is 34.2 Å². The van der Waals surface area contributed by atoms with E-state index in [4.69, 9.17) is 16.3 Å².